The van der Waals surface area contributed by atoms with Gasteiger partial charge in [0.25, 0.3) is 0 Å². The van der Waals surface area contributed by atoms with Crippen LogP contribution in [0.25, 0.3) is 0 Å². The lowest BCUT2D eigenvalue weighted by atomic mass is 10.0. The van der Waals surface area contributed by atoms with E-state index in [4.69, 9.17) is 18.9 Å². The molecule has 0 aromatic rings. The minimum atomic E-state index is -1.34. The summed E-state index contributed by atoms with van der Waals surface area (Å²) in [5.41, 5.74) is 0. The molecule has 1 rings (SSSR count). The molecule has 6 atom stereocenters. The van der Waals surface area contributed by atoms with Crippen LogP contribution in [0.1, 0.15) is 206 Å². The highest BCUT2D eigenvalue weighted by Gasteiger charge is 2.46. The third kappa shape index (κ3) is 27.9. The highest BCUT2D eigenvalue weighted by atomic mass is 16.7. The summed E-state index contributed by atoms with van der Waals surface area (Å²) < 4.78 is 23.5. The van der Waals surface area contributed by atoms with Crippen LogP contribution in [0.15, 0.2) is 0 Å². The van der Waals surface area contributed by atoms with E-state index < -0.39 is 37.3 Å². The summed E-state index contributed by atoms with van der Waals surface area (Å²) in [7, 11) is 0. The molecule has 8 nitrogen and oxygen atoms in total. The third-order valence-corrected chi connectivity index (χ3v) is 10.6. The smallest absolute Gasteiger partial charge is 0.186 e. The van der Waals surface area contributed by atoms with Crippen molar-refractivity contribution in [1.82, 2.24) is 0 Å². The van der Waals surface area contributed by atoms with E-state index in [-0.39, 0.29) is 12.7 Å². The number of hydrogen-bond acceptors (Lipinski definition) is 8. The van der Waals surface area contributed by atoms with E-state index in [1.165, 1.54) is 173 Å². The van der Waals surface area contributed by atoms with Gasteiger partial charge in [-0.1, -0.05) is 194 Å². The Hall–Kier alpha value is -0.320. The Balaban J connectivity index is 2.17. The molecule has 1 heterocycles. The number of aliphatic hydroxyl groups is 4. The average Bonchev–Trinajstić information content (AvgIpc) is 3.43. The molecule has 1 aliphatic rings. The van der Waals surface area contributed by atoms with Gasteiger partial charge in [0.2, 0.25) is 0 Å². The SMILES string of the molecule is CCCCCCCCCCCCCCCCCOCC(CO[C@@H]1O[C@H](C(O)CO)[C@H](O)[C@H]1O)OCCCCCCCCCCCCCCCCC. The van der Waals surface area contributed by atoms with Crippen molar-refractivity contribution in [1.29, 1.82) is 0 Å². The second-order valence-corrected chi connectivity index (χ2v) is 15.5. The molecule has 0 saturated carbocycles. The molecule has 0 aliphatic carbocycles. The van der Waals surface area contributed by atoms with Gasteiger partial charge in [0, 0.05) is 13.2 Å². The van der Waals surface area contributed by atoms with Crippen molar-refractivity contribution in [2.24, 2.45) is 0 Å². The molecular formula is C43H86O8. The maximum Gasteiger partial charge on any atom is 0.186 e. The van der Waals surface area contributed by atoms with E-state index in [1.54, 1.807) is 0 Å². The Morgan fingerprint density at radius 1 is 0.490 bits per heavy atom. The minimum Gasteiger partial charge on any atom is -0.394 e. The van der Waals surface area contributed by atoms with Gasteiger partial charge in [-0.15, -0.1) is 0 Å². The van der Waals surface area contributed by atoms with Crippen LogP contribution in [0, 0.1) is 0 Å². The second kappa shape index (κ2) is 36.6. The standard InChI is InChI=1S/C43H86O8/c1-3-5-7-9-11-13-15-17-19-21-23-25-27-29-31-33-48-36-38(37-50-43-41(47)40(46)42(51-43)39(45)35-44)49-34-32-30-28-26-24-22-20-18-16-14-12-10-8-6-4-2/h38-47H,3-37H2,1-2H3/t38?,39?,40-,41-,42-,43-/m1/s1. The molecule has 0 spiro atoms. The van der Waals surface area contributed by atoms with Crippen molar-refractivity contribution >= 4 is 0 Å². The Bertz CT molecular complexity index is 697. The van der Waals surface area contributed by atoms with Crippen LogP contribution in [-0.2, 0) is 18.9 Å². The molecule has 51 heavy (non-hydrogen) atoms. The Morgan fingerprint density at radius 2 is 0.863 bits per heavy atom. The fourth-order valence-corrected chi connectivity index (χ4v) is 7.09. The van der Waals surface area contributed by atoms with Gasteiger partial charge in [-0.25, -0.2) is 0 Å². The van der Waals surface area contributed by atoms with Gasteiger partial charge in [0.1, 0.15) is 30.5 Å². The van der Waals surface area contributed by atoms with Crippen molar-refractivity contribution in [2.75, 3.05) is 33.0 Å². The molecule has 306 valence electrons. The lowest BCUT2D eigenvalue weighted by Crippen LogP contribution is -2.40. The Kier molecular flexibility index (Phi) is 35.0. The van der Waals surface area contributed by atoms with Crippen molar-refractivity contribution in [3.8, 4) is 0 Å². The van der Waals surface area contributed by atoms with Crippen LogP contribution in [0.3, 0.4) is 0 Å². The Morgan fingerprint density at radius 3 is 1.25 bits per heavy atom. The molecule has 1 fully saturated rings. The van der Waals surface area contributed by atoms with Gasteiger partial charge in [-0.2, -0.15) is 0 Å². The summed E-state index contributed by atoms with van der Waals surface area (Å²) in [5.74, 6) is 0. The van der Waals surface area contributed by atoms with Gasteiger partial charge in [0.15, 0.2) is 6.29 Å². The average molecular weight is 731 g/mol. The molecule has 0 aromatic carbocycles. The van der Waals surface area contributed by atoms with Crippen molar-refractivity contribution in [3.63, 3.8) is 0 Å². The fraction of sp³-hybridized carbons (Fsp3) is 1.00. The predicted molar refractivity (Wildman–Crippen MR) is 210 cm³/mol. The molecule has 1 saturated heterocycles. The summed E-state index contributed by atoms with van der Waals surface area (Å²) in [6, 6.07) is 0. The Labute approximate surface area is 315 Å². The van der Waals surface area contributed by atoms with Crippen LogP contribution in [0.4, 0.5) is 0 Å². The second-order valence-electron chi connectivity index (χ2n) is 15.5. The number of aliphatic hydroxyl groups excluding tert-OH is 4. The molecule has 2 unspecified atom stereocenters. The highest BCUT2D eigenvalue weighted by Crippen LogP contribution is 2.25. The first-order chi connectivity index (χ1) is 25.0. The zero-order valence-electron chi connectivity index (χ0n) is 33.6. The van der Waals surface area contributed by atoms with E-state index in [9.17, 15) is 20.4 Å². The highest BCUT2D eigenvalue weighted by molar-refractivity contribution is 4.90. The number of rotatable bonds is 40. The summed E-state index contributed by atoms with van der Waals surface area (Å²) in [4.78, 5) is 0. The maximum atomic E-state index is 10.4. The monoisotopic (exact) mass is 731 g/mol. The molecule has 0 radical (unpaired) electrons. The maximum absolute atomic E-state index is 10.4. The lowest BCUT2D eigenvalue weighted by molar-refractivity contribution is -0.198. The van der Waals surface area contributed by atoms with Crippen LogP contribution in [0.5, 0.6) is 0 Å². The van der Waals surface area contributed by atoms with E-state index in [0.29, 0.717) is 19.8 Å². The van der Waals surface area contributed by atoms with E-state index >= 15 is 0 Å². The first-order valence-electron chi connectivity index (χ1n) is 22.2. The van der Waals surface area contributed by atoms with Crippen molar-refractivity contribution in [2.45, 2.75) is 243 Å². The molecule has 0 bridgehead atoms. The van der Waals surface area contributed by atoms with Crippen LogP contribution in [0.2, 0.25) is 0 Å². The number of ether oxygens (including phenoxy) is 4. The van der Waals surface area contributed by atoms with E-state index in [1.807, 2.05) is 0 Å². The molecule has 0 amide bonds. The zero-order chi connectivity index (χ0) is 37.0. The van der Waals surface area contributed by atoms with Crippen molar-refractivity contribution in [3.05, 3.63) is 0 Å². The fourth-order valence-electron chi connectivity index (χ4n) is 7.09. The first-order valence-corrected chi connectivity index (χ1v) is 22.2. The van der Waals surface area contributed by atoms with Gasteiger partial charge < -0.3 is 39.4 Å². The van der Waals surface area contributed by atoms with Crippen LogP contribution < -0.4 is 0 Å². The molecule has 8 heteroatoms. The number of unbranched alkanes of at least 4 members (excludes halogenated alkanes) is 28. The van der Waals surface area contributed by atoms with Crippen LogP contribution in [-0.4, -0.2) is 90.3 Å². The number of hydrogen-bond donors (Lipinski definition) is 4. The summed E-state index contributed by atoms with van der Waals surface area (Å²) in [5, 5.41) is 39.8. The minimum absolute atomic E-state index is 0.147. The third-order valence-electron chi connectivity index (χ3n) is 10.6. The quantitative estimate of drug-likeness (QED) is 0.0461. The zero-order valence-corrected chi connectivity index (χ0v) is 33.6. The van der Waals surface area contributed by atoms with E-state index in [0.717, 1.165) is 19.3 Å². The summed E-state index contributed by atoms with van der Waals surface area (Å²) in [6.45, 7) is 5.83. The molecule has 4 N–H and O–H groups in total. The first kappa shape index (κ1) is 48.7. The molecular weight excluding hydrogens is 644 g/mol. The van der Waals surface area contributed by atoms with Gasteiger partial charge in [-0.05, 0) is 12.8 Å². The summed E-state index contributed by atoms with van der Waals surface area (Å²) >= 11 is 0. The van der Waals surface area contributed by atoms with Gasteiger partial charge in [-0.3, -0.25) is 0 Å². The van der Waals surface area contributed by atoms with Crippen LogP contribution >= 0.6 is 0 Å². The van der Waals surface area contributed by atoms with Crippen molar-refractivity contribution < 1.29 is 39.4 Å². The topological polar surface area (TPSA) is 118 Å². The van der Waals surface area contributed by atoms with Gasteiger partial charge in [0.05, 0.1) is 19.8 Å². The molecule has 1 aliphatic heterocycles. The summed E-state index contributed by atoms with van der Waals surface area (Å²) in [6.07, 6.45) is 33.4. The normalized spacial score (nSPS) is 20.4. The van der Waals surface area contributed by atoms with E-state index in [2.05, 4.69) is 13.8 Å². The lowest BCUT2D eigenvalue weighted by Gasteiger charge is -2.22. The molecule has 0 aromatic heterocycles. The van der Waals surface area contributed by atoms with Gasteiger partial charge >= 0.3 is 0 Å². The largest absolute Gasteiger partial charge is 0.394 e. The predicted octanol–water partition coefficient (Wildman–Crippen LogP) is 9.95.